The second kappa shape index (κ2) is 6.61. The van der Waals surface area contributed by atoms with Gasteiger partial charge in [0.2, 0.25) is 0 Å². The molecule has 1 aromatic heterocycles. The normalized spacial score (nSPS) is 26.7. The van der Waals surface area contributed by atoms with Gasteiger partial charge in [0.25, 0.3) is 0 Å². The average molecular weight is 310 g/mol. The standard InChI is InChI=1S/C16H24ClN3O/c17-13-5-4-9-19-15(13)14(20-18)12-6-10-21-16(11-12)7-2-1-3-8-16/h4-5,9,12,14,20H,1-3,6-8,10-11,18H2. The molecule has 2 unspecified atom stereocenters. The van der Waals surface area contributed by atoms with E-state index in [2.05, 4.69) is 10.4 Å². The molecule has 4 nitrogen and oxygen atoms in total. The number of rotatable bonds is 3. The summed E-state index contributed by atoms with van der Waals surface area (Å²) >= 11 is 6.30. The number of ether oxygens (including phenoxy) is 1. The van der Waals surface area contributed by atoms with Crippen molar-refractivity contribution >= 4 is 11.6 Å². The summed E-state index contributed by atoms with van der Waals surface area (Å²) in [5.74, 6) is 6.26. The summed E-state index contributed by atoms with van der Waals surface area (Å²) in [6, 6.07) is 3.73. The summed E-state index contributed by atoms with van der Waals surface area (Å²) in [6.07, 6.45) is 10.1. The Hall–Kier alpha value is -0.680. The van der Waals surface area contributed by atoms with Crippen LogP contribution < -0.4 is 11.3 Å². The molecule has 1 spiro atoms. The Kier molecular flexibility index (Phi) is 4.79. The molecule has 3 N–H and O–H groups in total. The molecule has 2 aliphatic rings. The third-order valence-electron chi connectivity index (χ3n) is 5.03. The van der Waals surface area contributed by atoms with Crippen molar-refractivity contribution in [1.82, 2.24) is 10.4 Å². The molecule has 1 saturated carbocycles. The van der Waals surface area contributed by atoms with Crippen LogP contribution in [0.25, 0.3) is 0 Å². The lowest BCUT2D eigenvalue weighted by Crippen LogP contribution is -2.46. The fourth-order valence-electron chi connectivity index (χ4n) is 3.96. The smallest absolute Gasteiger partial charge is 0.0775 e. The maximum Gasteiger partial charge on any atom is 0.0775 e. The molecule has 5 heteroatoms. The van der Waals surface area contributed by atoms with E-state index in [1.54, 1.807) is 6.20 Å². The second-order valence-electron chi connectivity index (χ2n) is 6.36. The van der Waals surface area contributed by atoms with Gasteiger partial charge in [0.1, 0.15) is 0 Å². The van der Waals surface area contributed by atoms with Crippen molar-refractivity contribution in [1.29, 1.82) is 0 Å². The van der Waals surface area contributed by atoms with Gasteiger partial charge >= 0.3 is 0 Å². The molecule has 1 aliphatic heterocycles. The van der Waals surface area contributed by atoms with E-state index in [-0.39, 0.29) is 11.6 Å². The van der Waals surface area contributed by atoms with Gasteiger partial charge in [-0.3, -0.25) is 16.3 Å². The summed E-state index contributed by atoms with van der Waals surface area (Å²) in [5.41, 5.74) is 3.88. The number of nitrogens with zero attached hydrogens (tertiary/aromatic N) is 1. The molecule has 2 atom stereocenters. The van der Waals surface area contributed by atoms with Gasteiger partial charge in [0.05, 0.1) is 22.4 Å². The number of hydrogen-bond acceptors (Lipinski definition) is 4. The van der Waals surface area contributed by atoms with E-state index < -0.39 is 0 Å². The van der Waals surface area contributed by atoms with Gasteiger partial charge in [0.15, 0.2) is 0 Å². The van der Waals surface area contributed by atoms with Crippen LogP contribution in [-0.2, 0) is 4.74 Å². The lowest BCUT2D eigenvalue weighted by molar-refractivity contribution is -0.122. The summed E-state index contributed by atoms with van der Waals surface area (Å²) in [4.78, 5) is 4.44. The van der Waals surface area contributed by atoms with Gasteiger partial charge in [0, 0.05) is 12.8 Å². The van der Waals surface area contributed by atoms with Gasteiger partial charge in [-0.05, 0) is 43.7 Å². The summed E-state index contributed by atoms with van der Waals surface area (Å²) in [5, 5.41) is 0.685. The Bertz CT molecular complexity index is 471. The number of pyridine rings is 1. The Morgan fingerprint density at radius 1 is 1.38 bits per heavy atom. The molecule has 3 rings (SSSR count). The highest BCUT2D eigenvalue weighted by molar-refractivity contribution is 6.31. The number of hydrogen-bond donors (Lipinski definition) is 2. The summed E-state index contributed by atoms with van der Waals surface area (Å²) in [7, 11) is 0. The average Bonchev–Trinajstić information content (AvgIpc) is 2.51. The van der Waals surface area contributed by atoms with Gasteiger partial charge in [-0.2, -0.15) is 0 Å². The van der Waals surface area contributed by atoms with Crippen molar-refractivity contribution in [2.75, 3.05) is 6.61 Å². The number of hydrazine groups is 1. The van der Waals surface area contributed by atoms with Crippen LogP contribution in [0.1, 0.15) is 56.7 Å². The highest BCUT2D eigenvalue weighted by Crippen LogP contribution is 2.44. The zero-order valence-electron chi connectivity index (χ0n) is 12.4. The minimum Gasteiger partial charge on any atom is -0.375 e. The van der Waals surface area contributed by atoms with Crippen LogP contribution in [0.3, 0.4) is 0 Å². The van der Waals surface area contributed by atoms with Crippen LogP contribution in [0.2, 0.25) is 5.02 Å². The molecule has 0 aromatic carbocycles. The summed E-state index contributed by atoms with van der Waals surface area (Å²) < 4.78 is 6.18. The SMILES string of the molecule is NNC(c1ncccc1Cl)C1CCOC2(CCCCC2)C1. The zero-order chi connectivity index (χ0) is 14.7. The van der Waals surface area contributed by atoms with E-state index in [1.807, 2.05) is 12.1 Å². The van der Waals surface area contributed by atoms with Crippen molar-refractivity contribution in [3.05, 3.63) is 29.0 Å². The van der Waals surface area contributed by atoms with Crippen molar-refractivity contribution in [3.63, 3.8) is 0 Å². The third kappa shape index (κ3) is 3.24. The van der Waals surface area contributed by atoms with E-state index in [0.29, 0.717) is 10.9 Å². The topological polar surface area (TPSA) is 60.2 Å². The first-order valence-electron chi connectivity index (χ1n) is 7.95. The highest BCUT2D eigenvalue weighted by Gasteiger charge is 2.41. The Morgan fingerprint density at radius 3 is 2.90 bits per heavy atom. The lowest BCUT2D eigenvalue weighted by Gasteiger charge is -2.45. The molecule has 0 radical (unpaired) electrons. The van der Waals surface area contributed by atoms with Gasteiger partial charge in [-0.1, -0.05) is 30.9 Å². The number of nitrogens with two attached hydrogens (primary N) is 1. The molecule has 1 aliphatic carbocycles. The van der Waals surface area contributed by atoms with Crippen molar-refractivity contribution in [2.24, 2.45) is 11.8 Å². The van der Waals surface area contributed by atoms with Crippen molar-refractivity contribution in [2.45, 2.75) is 56.6 Å². The number of halogens is 1. The van der Waals surface area contributed by atoms with Crippen molar-refractivity contribution < 1.29 is 4.74 Å². The first-order chi connectivity index (χ1) is 10.2. The van der Waals surface area contributed by atoms with Crippen LogP contribution in [0.4, 0.5) is 0 Å². The molecule has 2 heterocycles. The van der Waals surface area contributed by atoms with E-state index in [0.717, 1.165) is 25.1 Å². The zero-order valence-corrected chi connectivity index (χ0v) is 13.1. The second-order valence-corrected chi connectivity index (χ2v) is 6.77. The minimum absolute atomic E-state index is 0.00130. The van der Waals surface area contributed by atoms with E-state index in [9.17, 15) is 0 Å². The molecule has 0 amide bonds. The molecule has 116 valence electrons. The Labute approximate surface area is 131 Å². The Morgan fingerprint density at radius 2 is 2.19 bits per heavy atom. The third-order valence-corrected chi connectivity index (χ3v) is 5.35. The van der Waals surface area contributed by atoms with Crippen LogP contribution in [0.5, 0.6) is 0 Å². The van der Waals surface area contributed by atoms with E-state index in [4.69, 9.17) is 22.2 Å². The minimum atomic E-state index is 0.00130. The highest BCUT2D eigenvalue weighted by atomic mass is 35.5. The monoisotopic (exact) mass is 309 g/mol. The van der Waals surface area contributed by atoms with Gasteiger partial charge in [-0.25, -0.2) is 0 Å². The largest absolute Gasteiger partial charge is 0.375 e. The van der Waals surface area contributed by atoms with Gasteiger partial charge < -0.3 is 4.74 Å². The number of aromatic nitrogens is 1. The van der Waals surface area contributed by atoms with Crippen molar-refractivity contribution in [3.8, 4) is 0 Å². The first kappa shape index (κ1) is 15.2. The van der Waals surface area contributed by atoms with Crippen LogP contribution in [0.15, 0.2) is 18.3 Å². The fraction of sp³-hybridized carbons (Fsp3) is 0.688. The van der Waals surface area contributed by atoms with Gasteiger partial charge in [-0.15, -0.1) is 0 Å². The lowest BCUT2D eigenvalue weighted by atomic mass is 9.73. The molecule has 0 bridgehead atoms. The predicted octanol–water partition coefficient (Wildman–Crippen LogP) is 3.37. The maximum absolute atomic E-state index is 6.30. The molecule has 21 heavy (non-hydrogen) atoms. The maximum atomic E-state index is 6.30. The molecule has 1 aromatic rings. The van der Waals surface area contributed by atoms with E-state index >= 15 is 0 Å². The number of nitrogens with one attached hydrogen (secondary N) is 1. The molecular formula is C16H24ClN3O. The van der Waals surface area contributed by atoms with Crippen LogP contribution >= 0.6 is 11.6 Å². The summed E-state index contributed by atoms with van der Waals surface area (Å²) in [6.45, 7) is 0.813. The van der Waals surface area contributed by atoms with Crippen LogP contribution in [0, 0.1) is 5.92 Å². The van der Waals surface area contributed by atoms with Crippen LogP contribution in [-0.4, -0.2) is 17.2 Å². The molecule has 2 fully saturated rings. The molecular weight excluding hydrogens is 286 g/mol. The predicted molar refractivity (Wildman–Crippen MR) is 83.8 cm³/mol. The molecule has 1 saturated heterocycles. The van der Waals surface area contributed by atoms with E-state index in [1.165, 1.54) is 32.1 Å². The quantitative estimate of drug-likeness (QED) is 0.664. The first-order valence-corrected chi connectivity index (χ1v) is 8.32. The Balaban J connectivity index is 1.79. The fourth-order valence-corrected chi connectivity index (χ4v) is 4.20.